The summed E-state index contributed by atoms with van der Waals surface area (Å²) < 4.78 is 0. The summed E-state index contributed by atoms with van der Waals surface area (Å²) in [5.74, 6) is -1.58. The molecule has 0 aliphatic heterocycles. The number of aliphatic hydroxyl groups excluding tert-OH is 2. The van der Waals surface area contributed by atoms with Crippen LogP contribution in [0.25, 0.3) is 0 Å². The third-order valence-corrected chi connectivity index (χ3v) is 4.40. The Morgan fingerprint density at radius 2 is 1.34 bits per heavy atom. The number of aliphatic hydroxyl groups is 3. The lowest BCUT2D eigenvalue weighted by molar-refractivity contribution is -0.130. The van der Waals surface area contributed by atoms with Crippen molar-refractivity contribution in [3.8, 4) is 0 Å². The van der Waals surface area contributed by atoms with E-state index in [1.807, 2.05) is 0 Å². The van der Waals surface area contributed by atoms with Crippen LogP contribution in [-0.2, 0) is 19.2 Å². The fourth-order valence-electron chi connectivity index (χ4n) is 2.75. The highest BCUT2D eigenvalue weighted by Gasteiger charge is 2.30. The molecule has 0 heterocycles. The highest BCUT2D eigenvalue weighted by atomic mass is 16.5. The van der Waals surface area contributed by atoms with E-state index >= 15 is 0 Å². The number of hydrogen-bond donors (Lipinski definition) is 6. The Bertz CT molecular complexity index is 558. The van der Waals surface area contributed by atoms with Crippen LogP contribution >= 0.6 is 0 Å². The predicted octanol–water partition coefficient (Wildman–Crippen LogP) is -1.04. The number of rotatable bonds is 14. The fourth-order valence-corrected chi connectivity index (χ4v) is 2.75. The summed E-state index contributed by atoms with van der Waals surface area (Å²) in [5.41, 5.74) is 0. The molecule has 0 saturated carbocycles. The average Bonchev–Trinajstić information content (AvgIpc) is 2.58. The molecule has 10 heteroatoms. The first-order valence-corrected chi connectivity index (χ1v) is 9.71. The van der Waals surface area contributed by atoms with Crippen LogP contribution in [0.15, 0.2) is 0 Å². The molecule has 3 unspecified atom stereocenters. The minimum absolute atomic E-state index is 0.0793. The van der Waals surface area contributed by atoms with Gasteiger partial charge in [-0.2, -0.15) is 0 Å². The lowest BCUT2D eigenvalue weighted by Crippen LogP contribution is -2.59. The van der Waals surface area contributed by atoms with Gasteiger partial charge in [0.15, 0.2) is 6.29 Å². The Kier molecular flexibility index (Phi) is 12.5. The van der Waals surface area contributed by atoms with E-state index in [4.69, 9.17) is 0 Å². The van der Waals surface area contributed by atoms with Crippen LogP contribution in [0.4, 0.5) is 0 Å². The summed E-state index contributed by atoms with van der Waals surface area (Å²) in [4.78, 5) is 46.6. The molecular formula is C19H35N3O7. The van der Waals surface area contributed by atoms with Gasteiger partial charge in [-0.05, 0) is 32.6 Å². The largest absolute Gasteiger partial charge is 0.376 e. The molecule has 0 aliphatic carbocycles. The molecule has 0 radical (unpaired) electrons. The van der Waals surface area contributed by atoms with Crippen LogP contribution < -0.4 is 16.0 Å². The maximum absolute atomic E-state index is 12.6. The molecule has 168 valence electrons. The number of carbonyl (C=O) groups excluding carboxylic acids is 4. The molecule has 0 fully saturated rings. The summed E-state index contributed by atoms with van der Waals surface area (Å²) in [7, 11) is 0. The zero-order chi connectivity index (χ0) is 22.7. The second-order valence-corrected chi connectivity index (χ2v) is 7.64. The molecule has 2 amide bonds. The molecule has 0 spiro atoms. The number of nitrogens with one attached hydrogen (secondary N) is 3. The van der Waals surface area contributed by atoms with Crippen LogP contribution in [0.2, 0.25) is 0 Å². The molecule has 6 N–H and O–H groups in total. The van der Waals surface area contributed by atoms with Crippen molar-refractivity contribution < 1.29 is 34.5 Å². The van der Waals surface area contributed by atoms with Crippen molar-refractivity contribution in [3.63, 3.8) is 0 Å². The van der Waals surface area contributed by atoms with E-state index in [1.165, 1.54) is 20.8 Å². The van der Waals surface area contributed by atoms with Gasteiger partial charge in [-0.3, -0.25) is 14.9 Å². The minimum Gasteiger partial charge on any atom is -0.376 e. The van der Waals surface area contributed by atoms with Crippen LogP contribution in [0.3, 0.4) is 0 Å². The summed E-state index contributed by atoms with van der Waals surface area (Å²) in [6.07, 6.45) is -2.76. The predicted molar refractivity (Wildman–Crippen MR) is 105 cm³/mol. The smallest absolute Gasteiger partial charge is 0.242 e. The first-order valence-electron chi connectivity index (χ1n) is 9.71. The zero-order valence-electron chi connectivity index (χ0n) is 17.8. The highest BCUT2D eigenvalue weighted by molar-refractivity contribution is 5.87. The van der Waals surface area contributed by atoms with Gasteiger partial charge in [-0.1, -0.05) is 13.8 Å². The third-order valence-electron chi connectivity index (χ3n) is 4.40. The van der Waals surface area contributed by atoms with Crippen molar-refractivity contribution in [2.75, 3.05) is 0 Å². The molecule has 0 aliphatic rings. The van der Waals surface area contributed by atoms with Gasteiger partial charge >= 0.3 is 0 Å². The van der Waals surface area contributed by atoms with Crippen LogP contribution in [-0.4, -0.2) is 69.3 Å². The van der Waals surface area contributed by atoms with Crippen molar-refractivity contribution in [1.82, 2.24) is 16.0 Å². The van der Waals surface area contributed by atoms with Gasteiger partial charge in [0.05, 0.1) is 12.1 Å². The van der Waals surface area contributed by atoms with Gasteiger partial charge in [0, 0.05) is 19.8 Å². The van der Waals surface area contributed by atoms with E-state index in [-0.39, 0.29) is 43.2 Å². The SMILES string of the molecule is CC(=O)CCC(NC(C)=O)C(=O)NC(CCC(C)=O)[C@@H](O)NC(C(C)C)C(O)O. The van der Waals surface area contributed by atoms with Gasteiger partial charge in [-0.25, -0.2) is 0 Å². The summed E-state index contributed by atoms with van der Waals surface area (Å²) in [5, 5.41) is 37.2. The van der Waals surface area contributed by atoms with Gasteiger partial charge in [0.25, 0.3) is 0 Å². The van der Waals surface area contributed by atoms with E-state index in [2.05, 4.69) is 16.0 Å². The number of amides is 2. The molecule has 0 aromatic carbocycles. The molecular weight excluding hydrogens is 382 g/mol. The van der Waals surface area contributed by atoms with Crippen molar-refractivity contribution >= 4 is 23.4 Å². The number of ketones is 2. The van der Waals surface area contributed by atoms with Gasteiger partial charge in [0.2, 0.25) is 11.8 Å². The lowest BCUT2D eigenvalue weighted by Gasteiger charge is -2.32. The zero-order valence-corrected chi connectivity index (χ0v) is 17.8. The standard InChI is InChI=1S/C19H35N3O7/c1-10(2)16(19(28)29)22-18(27)15(9-7-12(4)24)21-17(26)14(20-13(5)25)8-6-11(3)23/h10,14-16,18-19,22,27-29H,6-9H2,1-5H3,(H,20,25)(H,21,26)/t14?,15?,16?,18-/m1/s1. The maximum atomic E-state index is 12.6. The minimum atomic E-state index is -1.74. The lowest BCUT2D eigenvalue weighted by atomic mass is 10.0. The van der Waals surface area contributed by atoms with Gasteiger partial charge < -0.3 is 35.5 Å². The molecule has 4 atom stereocenters. The summed E-state index contributed by atoms with van der Waals surface area (Å²) in [6, 6.07) is -2.78. The van der Waals surface area contributed by atoms with Gasteiger partial charge in [0.1, 0.15) is 23.8 Å². The first-order chi connectivity index (χ1) is 13.3. The number of hydrogen-bond acceptors (Lipinski definition) is 8. The Balaban J connectivity index is 5.33. The molecule has 0 saturated heterocycles. The molecule has 0 bridgehead atoms. The Labute approximate surface area is 171 Å². The van der Waals surface area contributed by atoms with Crippen molar-refractivity contribution in [2.45, 2.75) is 90.9 Å². The quantitative estimate of drug-likeness (QED) is 0.195. The maximum Gasteiger partial charge on any atom is 0.242 e. The van der Waals surface area contributed by atoms with E-state index in [0.29, 0.717) is 0 Å². The number of carbonyl (C=O) groups is 4. The Morgan fingerprint density at radius 3 is 1.76 bits per heavy atom. The molecule has 0 aromatic heterocycles. The van der Waals surface area contributed by atoms with Crippen molar-refractivity contribution in [1.29, 1.82) is 0 Å². The normalized spacial score (nSPS) is 15.5. The van der Waals surface area contributed by atoms with E-state index in [9.17, 15) is 34.5 Å². The van der Waals surface area contributed by atoms with E-state index in [1.54, 1.807) is 13.8 Å². The van der Waals surface area contributed by atoms with E-state index in [0.717, 1.165) is 0 Å². The summed E-state index contributed by atoms with van der Waals surface area (Å²) in [6.45, 7) is 7.44. The van der Waals surface area contributed by atoms with Crippen LogP contribution in [0, 0.1) is 5.92 Å². The molecule has 0 aromatic rings. The second-order valence-electron chi connectivity index (χ2n) is 7.64. The van der Waals surface area contributed by atoms with Crippen molar-refractivity contribution in [2.24, 2.45) is 5.92 Å². The Hall–Kier alpha value is -1.88. The fraction of sp³-hybridized carbons (Fsp3) is 0.789. The van der Waals surface area contributed by atoms with Gasteiger partial charge in [-0.15, -0.1) is 0 Å². The van der Waals surface area contributed by atoms with E-state index < -0.39 is 42.5 Å². The van der Waals surface area contributed by atoms with Crippen molar-refractivity contribution in [3.05, 3.63) is 0 Å². The second kappa shape index (κ2) is 13.4. The van der Waals surface area contributed by atoms with Crippen LogP contribution in [0.1, 0.15) is 60.3 Å². The molecule has 0 rings (SSSR count). The molecule has 10 nitrogen and oxygen atoms in total. The molecule has 29 heavy (non-hydrogen) atoms. The summed E-state index contributed by atoms with van der Waals surface area (Å²) >= 11 is 0. The Morgan fingerprint density at radius 1 is 0.828 bits per heavy atom. The number of Topliss-reactive ketones (excluding diaryl/α,β-unsaturated/α-hetero) is 2. The van der Waals surface area contributed by atoms with Crippen LogP contribution in [0.5, 0.6) is 0 Å². The monoisotopic (exact) mass is 417 g/mol. The third kappa shape index (κ3) is 11.6. The first kappa shape index (κ1) is 27.1. The average molecular weight is 418 g/mol. The highest BCUT2D eigenvalue weighted by Crippen LogP contribution is 2.10. The topological polar surface area (TPSA) is 165 Å².